The lowest BCUT2D eigenvalue weighted by molar-refractivity contribution is -0.117. The van der Waals surface area contributed by atoms with Crippen molar-refractivity contribution in [2.45, 2.75) is 6.42 Å². The van der Waals surface area contributed by atoms with Gasteiger partial charge in [0.15, 0.2) is 11.6 Å². The van der Waals surface area contributed by atoms with Crippen LogP contribution in [0.15, 0.2) is 17.2 Å². The van der Waals surface area contributed by atoms with E-state index in [4.69, 9.17) is 10.8 Å². The normalized spacial score (nSPS) is 17.8. The molecule has 8 heteroatoms. The van der Waals surface area contributed by atoms with Gasteiger partial charge in [0.25, 0.3) is 0 Å². The van der Waals surface area contributed by atoms with Crippen LogP contribution in [0.1, 0.15) is 12.0 Å². The van der Waals surface area contributed by atoms with E-state index in [-0.39, 0.29) is 31.0 Å². The summed E-state index contributed by atoms with van der Waals surface area (Å²) in [7, 11) is 0. The van der Waals surface area contributed by atoms with E-state index in [1.165, 1.54) is 0 Å². The molecule has 0 bridgehead atoms. The quantitative estimate of drug-likeness (QED) is 0.482. The number of nitrogens with zero attached hydrogens (tertiary/aromatic N) is 5. The molecule has 1 saturated heterocycles. The van der Waals surface area contributed by atoms with Crippen molar-refractivity contribution in [1.82, 2.24) is 0 Å². The van der Waals surface area contributed by atoms with Crippen LogP contribution in [0.2, 0.25) is 0 Å². The molecule has 2 rings (SSSR count). The van der Waals surface area contributed by atoms with Crippen LogP contribution in [-0.2, 0) is 4.79 Å². The van der Waals surface area contributed by atoms with E-state index in [9.17, 15) is 13.6 Å². The van der Waals surface area contributed by atoms with Crippen LogP contribution in [0.25, 0.3) is 10.4 Å². The molecule has 1 unspecified atom stereocenters. The molecule has 102 valence electrons. The minimum Gasteiger partial charge on any atom is -0.307 e. The van der Waals surface area contributed by atoms with Gasteiger partial charge in [-0.05, 0) is 23.6 Å². The Kier molecular flexibility index (Phi) is 3.82. The van der Waals surface area contributed by atoms with E-state index >= 15 is 0 Å². The summed E-state index contributed by atoms with van der Waals surface area (Å²) in [6.07, 6.45) is 0.0674. The first kappa shape index (κ1) is 13.8. The average molecular weight is 277 g/mol. The van der Waals surface area contributed by atoms with E-state index < -0.39 is 23.2 Å². The van der Waals surface area contributed by atoms with Crippen molar-refractivity contribution in [2.24, 2.45) is 11.0 Å². The van der Waals surface area contributed by atoms with Gasteiger partial charge < -0.3 is 4.90 Å². The van der Waals surface area contributed by atoms with Crippen LogP contribution in [-0.4, -0.2) is 19.0 Å². The molecule has 1 aliphatic heterocycles. The fourth-order valence-electron chi connectivity index (χ4n) is 2.16. The van der Waals surface area contributed by atoms with Crippen molar-refractivity contribution >= 4 is 11.6 Å². The number of hydrogen-bond donors (Lipinski definition) is 0. The Bertz CT molecular complexity index is 625. The fourth-order valence-corrected chi connectivity index (χ4v) is 2.16. The van der Waals surface area contributed by atoms with Gasteiger partial charge >= 0.3 is 0 Å². The predicted octanol–water partition coefficient (Wildman–Crippen LogP) is 2.50. The van der Waals surface area contributed by atoms with Crippen molar-refractivity contribution in [2.75, 3.05) is 18.0 Å². The summed E-state index contributed by atoms with van der Waals surface area (Å²) in [5, 5.41) is 12.0. The van der Waals surface area contributed by atoms with Crippen LogP contribution in [0.5, 0.6) is 0 Å². The Balaban J connectivity index is 2.31. The Labute approximate surface area is 112 Å². The van der Waals surface area contributed by atoms with Gasteiger partial charge in [0.2, 0.25) is 5.91 Å². The molecule has 6 nitrogen and oxygen atoms in total. The first-order valence-electron chi connectivity index (χ1n) is 5.77. The molecular weight excluding hydrogens is 268 g/mol. The maximum Gasteiger partial charge on any atom is 0.227 e. The lowest BCUT2D eigenvalue weighted by atomic mass is 10.1. The molecule has 0 aliphatic carbocycles. The number of carbonyl (C=O) groups excluding carboxylic acids is 1. The highest BCUT2D eigenvalue weighted by Crippen LogP contribution is 2.30. The van der Waals surface area contributed by atoms with Gasteiger partial charge in [-0.1, -0.05) is 5.11 Å². The number of anilines is 1. The molecule has 1 fully saturated rings. The second-order valence-electron chi connectivity index (χ2n) is 4.39. The second-order valence-corrected chi connectivity index (χ2v) is 4.39. The number of nitriles is 1. The van der Waals surface area contributed by atoms with Gasteiger partial charge in [-0.3, -0.25) is 4.79 Å². The third kappa shape index (κ3) is 2.53. The molecule has 1 heterocycles. The minimum absolute atomic E-state index is 0.0674. The summed E-state index contributed by atoms with van der Waals surface area (Å²) in [4.78, 5) is 15.4. The highest BCUT2D eigenvalue weighted by atomic mass is 19.1. The number of carbonyl (C=O) groups is 1. The maximum absolute atomic E-state index is 13.8. The second kappa shape index (κ2) is 5.55. The monoisotopic (exact) mass is 277 g/mol. The first-order valence-corrected chi connectivity index (χ1v) is 5.77. The Morgan fingerprint density at radius 2 is 2.15 bits per heavy atom. The molecule has 1 aromatic rings. The molecule has 1 aliphatic rings. The van der Waals surface area contributed by atoms with Crippen LogP contribution >= 0.6 is 0 Å². The van der Waals surface area contributed by atoms with Gasteiger partial charge in [0.1, 0.15) is 5.69 Å². The molecule has 0 radical (unpaired) electrons. The zero-order chi connectivity index (χ0) is 14.7. The lowest BCUT2D eigenvalue weighted by Crippen LogP contribution is -2.27. The van der Waals surface area contributed by atoms with Gasteiger partial charge in [-0.25, -0.2) is 8.78 Å². The van der Waals surface area contributed by atoms with E-state index in [2.05, 4.69) is 10.0 Å². The molecular formula is C12H9F2N5O. The zero-order valence-corrected chi connectivity index (χ0v) is 10.3. The molecule has 0 aromatic heterocycles. The molecule has 1 amide bonds. The van der Waals surface area contributed by atoms with E-state index in [1.54, 1.807) is 6.07 Å². The Hall–Kier alpha value is -2.65. The highest BCUT2D eigenvalue weighted by Gasteiger charge is 2.33. The molecule has 1 atom stereocenters. The average Bonchev–Trinajstić information content (AvgIpc) is 2.76. The smallest absolute Gasteiger partial charge is 0.227 e. The molecule has 0 saturated carbocycles. The van der Waals surface area contributed by atoms with Crippen molar-refractivity contribution in [1.29, 1.82) is 5.26 Å². The van der Waals surface area contributed by atoms with Crippen LogP contribution in [0.4, 0.5) is 14.5 Å². The summed E-state index contributed by atoms with van der Waals surface area (Å²) in [6, 6.07) is 3.40. The summed E-state index contributed by atoms with van der Waals surface area (Å²) in [6.45, 7) is 0.176. The molecule has 1 aromatic carbocycles. The summed E-state index contributed by atoms with van der Waals surface area (Å²) < 4.78 is 27.7. The molecule has 0 spiro atoms. The minimum atomic E-state index is -0.959. The van der Waals surface area contributed by atoms with Gasteiger partial charge in [-0.2, -0.15) is 5.26 Å². The van der Waals surface area contributed by atoms with E-state index in [0.717, 1.165) is 17.0 Å². The predicted molar refractivity (Wildman–Crippen MR) is 65.5 cm³/mol. The van der Waals surface area contributed by atoms with Gasteiger partial charge in [0, 0.05) is 24.4 Å². The molecule has 20 heavy (non-hydrogen) atoms. The number of azide groups is 1. The number of halogens is 2. The Morgan fingerprint density at radius 1 is 1.50 bits per heavy atom. The number of hydrogen-bond acceptors (Lipinski definition) is 3. The number of rotatable bonds is 3. The SMILES string of the molecule is N#Cc1cc(F)c(N2CC(CN=[N+]=[N-])CC2=O)c(F)c1. The number of amides is 1. The van der Waals surface area contributed by atoms with Gasteiger partial charge in [0.05, 0.1) is 11.6 Å². The van der Waals surface area contributed by atoms with Crippen LogP contribution in [0.3, 0.4) is 0 Å². The summed E-state index contributed by atoms with van der Waals surface area (Å²) >= 11 is 0. The first-order chi connectivity index (χ1) is 9.56. The standard InChI is InChI=1S/C12H9F2N5O/c13-9-1-7(4-15)2-10(14)12(9)19-6-8(3-11(19)20)5-17-18-16/h1-2,8H,3,5-6H2. The van der Waals surface area contributed by atoms with Crippen LogP contribution in [0, 0.1) is 28.9 Å². The number of benzene rings is 1. The topological polar surface area (TPSA) is 92.9 Å². The van der Waals surface area contributed by atoms with E-state index in [1.807, 2.05) is 0 Å². The molecule has 0 N–H and O–H groups in total. The maximum atomic E-state index is 13.8. The van der Waals surface area contributed by atoms with Gasteiger partial charge in [-0.15, -0.1) is 0 Å². The van der Waals surface area contributed by atoms with E-state index in [0.29, 0.717) is 0 Å². The highest BCUT2D eigenvalue weighted by molar-refractivity contribution is 5.96. The largest absolute Gasteiger partial charge is 0.307 e. The fraction of sp³-hybridized carbons (Fsp3) is 0.333. The van der Waals surface area contributed by atoms with Crippen molar-refractivity contribution in [3.8, 4) is 6.07 Å². The lowest BCUT2D eigenvalue weighted by Gasteiger charge is -2.18. The zero-order valence-electron chi connectivity index (χ0n) is 10.3. The summed E-state index contributed by atoms with van der Waals surface area (Å²) in [5.74, 6) is -2.63. The van der Waals surface area contributed by atoms with Crippen LogP contribution < -0.4 is 4.90 Å². The van der Waals surface area contributed by atoms with Crippen molar-refractivity contribution < 1.29 is 13.6 Å². The van der Waals surface area contributed by atoms with Crippen molar-refractivity contribution in [3.05, 3.63) is 39.8 Å². The third-order valence-electron chi connectivity index (χ3n) is 3.02. The van der Waals surface area contributed by atoms with Crippen molar-refractivity contribution in [3.63, 3.8) is 0 Å². The summed E-state index contributed by atoms with van der Waals surface area (Å²) in [5.41, 5.74) is 7.62. The third-order valence-corrected chi connectivity index (χ3v) is 3.02. The Morgan fingerprint density at radius 3 is 2.70 bits per heavy atom.